The van der Waals surface area contributed by atoms with Gasteiger partial charge in [0.2, 0.25) is 5.69 Å². The minimum Gasteiger partial charge on any atom is -0.256 e. The van der Waals surface area contributed by atoms with Gasteiger partial charge in [-0.3, -0.25) is 4.98 Å². The average Bonchev–Trinajstić information content (AvgIpc) is 2.88. The van der Waals surface area contributed by atoms with Gasteiger partial charge in [0.15, 0.2) is 12.7 Å². The maximum Gasteiger partial charge on any atom is 0.212 e. The summed E-state index contributed by atoms with van der Waals surface area (Å²) < 4.78 is 2.47. The third-order valence-electron chi connectivity index (χ3n) is 7.41. The molecule has 2 heteroatoms. The summed E-state index contributed by atoms with van der Waals surface area (Å²) in [4.78, 5) is 4.72. The minimum atomic E-state index is -0.0215. The molecular weight excluding hydrogens is 400 g/mol. The van der Waals surface area contributed by atoms with Gasteiger partial charge in [-0.1, -0.05) is 75.7 Å². The summed E-state index contributed by atoms with van der Waals surface area (Å²) in [5.41, 5.74) is 7.54. The zero-order chi connectivity index (χ0) is 23.3. The molecule has 33 heavy (non-hydrogen) atoms. The Bertz CT molecular complexity index is 1200. The zero-order valence-electron chi connectivity index (χ0n) is 20.3. The minimum absolute atomic E-state index is 0.0215. The Labute approximate surface area is 199 Å². The molecule has 0 amide bonds. The SMILES string of the molecule is CCC(C)C(CC)(C[n+]1ccccc1-c1ccccc1C)c1ccccc1-c1ccccn1. The van der Waals surface area contributed by atoms with E-state index < -0.39 is 0 Å². The standard InChI is InChI=1S/C31H35N2/c1-5-25(4)31(6-2,28-18-10-9-17-27(28)29-19-11-13-21-32-29)23-33-22-14-12-20-30(33)26-16-8-7-15-24(26)3/h7-22,25H,5-6,23H2,1-4H3/q+1. The molecule has 2 nitrogen and oxygen atoms in total. The zero-order valence-corrected chi connectivity index (χ0v) is 20.3. The van der Waals surface area contributed by atoms with Gasteiger partial charge in [-0.15, -0.1) is 0 Å². The molecule has 2 unspecified atom stereocenters. The Morgan fingerprint density at radius 3 is 2.21 bits per heavy atom. The largest absolute Gasteiger partial charge is 0.256 e. The summed E-state index contributed by atoms with van der Waals surface area (Å²) in [5, 5.41) is 0. The van der Waals surface area contributed by atoms with E-state index in [9.17, 15) is 0 Å². The van der Waals surface area contributed by atoms with Crippen LogP contribution in [0.25, 0.3) is 22.5 Å². The maximum atomic E-state index is 4.72. The number of hydrogen-bond acceptors (Lipinski definition) is 1. The highest BCUT2D eigenvalue weighted by Crippen LogP contribution is 2.42. The van der Waals surface area contributed by atoms with Crippen LogP contribution in [0.4, 0.5) is 0 Å². The topological polar surface area (TPSA) is 16.8 Å². The van der Waals surface area contributed by atoms with Gasteiger partial charge >= 0.3 is 0 Å². The lowest BCUT2D eigenvalue weighted by molar-refractivity contribution is -0.696. The summed E-state index contributed by atoms with van der Waals surface area (Å²) in [7, 11) is 0. The molecule has 0 aliphatic heterocycles. The maximum absolute atomic E-state index is 4.72. The van der Waals surface area contributed by atoms with Crippen LogP contribution in [0.5, 0.6) is 0 Å². The van der Waals surface area contributed by atoms with Crippen LogP contribution in [0, 0.1) is 12.8 Å². The molecule has 2 aromatic carbocycles. The lowest BCUT2D eigenvalue weighted by Crippen LogP contribution is -2.50. The Balaban J connectivity index is 1.90. The molecule has 0 saturated carbocycles. The van der Waals surface area contributed by atoms with Crippen molar-refractivity contribution in [3.8, 4) is 22.5 Å². The third kappa shape index (κ3) is 4.48. The van der Waals surface area contributed by atoms with Crippen molar-refractivity contribution >= 4 is 0 Å². The molecule has 2 heterocycles. The lowest BCUT2D eigenvalue weighted by Gasteiger charge is -2.38. The molecule has 0 N–H and O–H groups in total. The number of rotatable bonds is 8. The molecular formula is C31H35N2+. The fraction of sp³-hybridized carbons (Fsp3) is 0.290. The molecule has 0 radical (unpaired) electrons. The Hall–Kier alpha value is -3.26. The van der Waals surface area contributed by atoms with E-state index in [1.54, 1.807) is 0 Å². The monoisotopic (exact) mass is 435 g/mol. The number of aryl methyl sites for hydroxylation is 1. The Morgan fingerprint density at radius 1 is 0.818 bits per heavy atom. The molecule has 0 fully saturated rings. The summed E-state index contributed by atoms with van der Waals surface area (Å²) in [6, 6.07) is 30.3. The second-order valence-corrected chi connectivity index (χ2v) is 9.11. The van der Waals surface area contributed by atoms with Crippen LogP contribution in [0.1, 0.15) is 44.7 Å². The van der Waals surface area contributed by atoms with E-state index in [-0.39, 0.29) is 5.41 Å². The summed E-state index contributed by atoms with van der Waals surface area (Å²) in [6.45, 7) is 10.2. The summed E-state index contributed by atoms with van der Waals surface area (Å²) >= 11 is 0. The predicted octanol–water partition coefficient (Wildman–Crippen LogP) is 7.41. The van der Waals surface area contributed by atoms with Crippen LogP contribution in [0.15, 0.2) is 97.3 Å². The summed E-state index contributed by atoms with van der Waals surface area (Å²) in [6.07, 6.45) is 6.32. The fourth-order valence-electron chi connectivity index (χ4n) is 5.23. The van der Waals surface area contributed by atoms with Crippen LogP contribution in [0.3, 0.4) is 0 Å². The number of nitrogens with zero attached hydrogens (tertiary/aromatic N) is 2. The van der Waals surface area contributed by atoms with Crippen LogP contribution in [-0.2, 0) is 12.0 Å². The van der Waals surface area contributed by atoms with E-state index in [1.807, 2.05) is 12.3 Å². The van der Waals surface area contributed by atoms with Gasteiger partial charge in [-0.05, 0) is 54.7 Å². The number of hydrogen-bond donors (Lipinski definition) is 0. The molecule has 0 aliphatic carbocycles. The first-order chi connectivity index (χ1) is 16.1. The van der Waals surface area contributed by atoms with Gasteiger partial charge in [0.25, 0.3) is 0 Å². The number of aromatic nitrogens is 2. The van der Waals surface area contributed by atoms with Crippen LogP contribution in [-0.4, -0.2) is 4.98 Å². The first-order valence-corrected chi connectivity index (χ1v) is 12.2. The Kier molecular flexibility index (Phi) is 7.03. The van der Waals surface area contributed by atoms with Crippen molar-refractivity contribution in [3.63, 3.8) is 0 Å². The molecule has 2 aromatic heterocycles. The molecule has 168 valence electrons. The van der Waals surface area contributed by atoms with E-state index in [4.69, 9.17) is 4.98 Å². The van der Waals surface area contributed by atoms with E-state index in [0.717, 1.165) is 25.1 Å². The Morgan fingerprint density at radius 2 is 1.52 bits per heavy atom. The van der Waals surface area contributed by atoms with Gasteiger partial charge in [0, 0.05) is 29.5 Å². The van der Waals surface area contributed by atoms with E-state index >= 15 is 0 Å². The lowest BCUT2D eigenvalue weighted by atomic mass is 9.66. The molecule has 0 spiro atoms. The van der Waals surface area contributed by atoms with Crippen molar-refractivity contribution in [3.05, 3.63) is 108 Å². The number of pyridine rings is 2. The van der Waals surface area contributed by atoms with Crippen LogP contribution in [0.2, 0.25) is 0 Å². The predicted molar refractivity (Wildman–Crippen MR) is 138 cm³/mol. The van der Waals surface area contributed by atoms with Crippen molar-refractivity contribution < 1.29 is 4.57 Å². The average molecular weight is 436 g/mol. The normalized spacial score (nSPS) is 13.9. The van der Waals surface area contributed by atoms with Crippen molar-refractivity contribution in [2.45, 2.75) is 52.5 Å². The number of benzene rings is 2. The molecule has 2 atom stereocenters. The fourth-order valence-corrected chi connectivity index (χ4v) is 5.23. The highest BCUT2D eigenvalue weighted by atomic mass is 15.0. The van der Waals surface area contributed by atoms with Crippen molar-refractivity contribution in [1.29, 1.82) is 0 Å². The first-order valence-electron chi connectivity index (χ1n) is 12.2. The highest BCUT2D eigenvalue weighted by molar-refractivity contribution is 5.65. The smallest absolute Gasteiger partial charge is 0.212 e. The molecule has 0 bridgehead atoms. The van der Waals surface area contributed by atoms with Crippen LogP contribution >= 0.6 is 0 Å². The quantitative estimate of drug-likeness (QED) is 0.263. The van der Waals surface area contributed by atoms with Gasteiger partial charge in [-0.25, -0.2) is 0 Å². The van der Waals surface area contributed by atoms with E-state index in [0.29, 0.717) is 5.92 Å². The highest BCUT2D eigenvalue weighted by Gasteiger charge is 2.42. The van der Waals surface area contributed by atoms with Crippen LogP contribution < -0.4 is 4.57 Å². The van der Waals surface area contributed by atoms with Crippen molar-refractivity contribution in [2.75, 3.05) is 0 Å². The van der Waals surface area contributed by atoms with Crippen molar-refractivity contribution in [1.82, 2.24) is 4.98 Å². The van der Waals surface area contributed by atoms with Gasteiger partial charge in [0.05, 0.1) is 11.1 Å². The first kappa shape index (κ1) is 22.9. The van der Waals surface area contributed by atoms with Crippen molar-refractivity contribution in [2.24, 2.45) is 5.92 Å². The van der Waals surface area contributed by atoms with E-state index in [1.165, 1.54) is 27.9 Å². The van der Waals surface area contributed by atoms with Gasteiger partial charge < -0.3 is 0 Å². The molecule has 4 rings (SSSR count). The van der Waals surface area contributed by atoms with Gasteiger partial charge in [0.1, 0.15) is 0 Å². The molecule has 0 saturated heterocycles. The van der Waals surface area contributed by atoms with Gasteiger partial charge in [-0.2, -0.15) is 4.57 Å². The molecule has 0 aliphatic rings. The third-order valence-corrected chi connectivity index (χ3v) is 7.41. The molecule has 4 aromatic rings. The van der Waals surface area contributed by atoms with E-state index in [2.05, 4.69) is 117 Å². The second-order valence-electron chi connectivity index (χ2n) is 9.11. The summed E-state index contributed by atoms with van der Waals surface area (Å²) in [5.74, 6) is 0.504. The second kappa shape index (κ2) is 10.1.